The van der Waals surface area contributed by atoms with E-state index in [0.717, 1.165) is 5.56 Å². The topological polar surface area (TPSA) is 80.2 Å². The Kier molecular flexibility index (Phi) is 8.08. The highest BCUT2D eigenvalue weighted by Crippen LogP contribution is 2.37. The Morgan fingerprint density at radius 3 is 2.61 bits per heavy atom. The zero-order valence-corrected chi connectivity index (χ0v) is 19.8. The van der Waals surface area contributed by atoms with Crippen LogP contribution < -0.4 is 14.9 Å². The van der Waals surface area contributed by atoms with Gasteiger partial charge in [-0.15, -0.1) is 0 Å². The lowest BCUT2D eigenvalue weighted by molar-refractivity contribution is 0.0952. The van der Waals surface area contributed by atoms with E-state index < -0.39 is 5.91 Å². The van der Waals surface area contributed by atoms with Crippen LogP contribution in [-0.4, -0.2) is 23.8 Å². The predicted molar refractivity (Wildman–Crippen MR) is 127 cm³/mol. The maximum atomic E-state index is 12.3. The van der Waals surface area contributed by atoms with Crippen molar-refractivity contribution < 1.29 is 19.4 Å². The van der Waals surface area contributed by atoms with Gasteiger partial charge < -0.3 is 14.6 Å². The first-order valence-electron chi connectivity index (χ1n) is 9.43. The standard InChI is InChI=1S/C23H20Br2N2O4/c1-2-30-21-11-16(10-19(25)22(21)31-14-15-6-4-3-5-7-15)13-26-27-23(29)18-12-17(24)8-9-20(18)28/h3-13,28H,2,14H2,1H3,(H,27,29)/b26-13-. The van der Waals surface area contributed by atoms with E-state index in [0.29, 0.717) is 39.2 Å². The van der Waals surface area contributed by atoms with Crippen LogP contribution >= 0.6 is 31.9 Å². The number of nitrogens with zero attached hydrogens (tertiary/aromatic N) is 1. The van der Waals surface area contributed by atoms with E-state index in [-0.39, 0.29) is 11.3 Å². The van der Waals surface area contributed by atoms with Crippen LogP contribution in [0.2, 0.25) is 0 Å². The molecule has 3 aromatic carbocycles. The molecule has 8 heteroatoms. The average Bonchev–Trinajstić information content (AvgIpc) is 2.75. The van der Waals surface area contributed by atoms with Crippen molar-refractivity contribution >= 4 is 44.0 Å². The summed E-state index contributed by atoms with van der Waals surface area (Å²) in [4.78, 5) is 12.3. The molecule has 0 heterocycles. The van der Waals surface area contributed by atoms with Crippen molar-refractivity contribution in [1.82, 2.24) is 5.43 Å². The van der Waals surface area contributed by atoms with Crippen molar-refractivity contribution in [3.05, 3.63) is 86.3 Å². The summed E-state index contributed by atoms with van der Waals surface area (Å²) in [5.41, 5.74) is 4.27. The molecule has 0 aliphatic carbocycles. The number of hydrazone groups is 1. The van der Waals surface area contributed by atoms with Gasteiger partial charge in [-0.25, -0.2) is 5.43 Å². The zero-order chi connectivity index (χ0) is 22.2. The van der Waals surface area contributed by atoms with E-state index in [2.05, 4.69) is 42.4 Å². The molecule has 0 aromatic heterocycles. The van der Waals surface area contributed by atoms with Crippen molar-refractivity contribution in [2.75, 3.05) is 6.61 Å². The molecule has 0 aliphatic heterocycles. The third-order valence-electron chi connectivity index (χ3n) is 4.14. The Morgan fingerprint density at radius 2 is 1.87 bits per heavy atom. The molecule has 0 unspecified atom stereocenters. The van der Waals surface area contributed by atoms with Gasteiger partial charge in [-0.2, -0.15) is 5.10 Å². The van der Waals surface area contributed by atoms with E-state index in [9.17, 15) is 9.90 Å². The molecule has 2 N–H and O–H groups in total. The Hall–Kier alpha value is -2.84. The minimum atomic E-state index is -0.526. The van der Waals surface area contributed by atoms with Crippen LogP contribution in [0.5, 0.6) is 17.2 Å². The first-order valence-corrected chi connectivity index (χ1v) is 11.0. The van der Waals surface area contributed by atoms with Gasteiger partial charge in [-0.3, -0.25) is 4.79 Å². The van der Waals surface area contributed by atoms with Crippen LogP contribution in [0.3, 0.4) is 0 Å². The number of aromatic hydroxyl groups is 1. The van der Waals surface area contributed by atoms with Gasteiger partial charge in [0.15, 0.2) is 11.5 Å². The van der Waals surface area contributed by atoms with E-state index >= 15 is 0 Å². The summed E-state index contributed by atoms with van der Waals surface area (Å²) in [6.07, 6.45) is 1.49. The van der Waals surface area contributed by atoms with Crippen LogP contribution in [0.1, 0.15) is 28.4 Å². The maximum Gasteiger partial charge on any atom is 0.275 e. The summed E-state index contributed by atoms with van der Waals surface area (Å²) in [7, 11) is 0. The Labute approximate surface area is 197 Å². The Morgan fingerprint density at radius 1 is 1.10 bits per heavy atom. The van der Waals surface area contributed by atoms with Gasteiger partial charge >= 0.3 is 0 Å². The van der Waals surface area contributed by atoms with Gasteiger partial charge in [0.05, 0.1) is 22.9 Å². The van der Waals surface area contributed by atoms with Gasteiger partial charge in [0.25, 0.3) is 5.91 Å². The number of halogens is 2. The van der Waals surface area contributed by atoms with Crippen LogP contribution in [0.15, 0.2) is 74.7 Å². The van der Waals surface area contributed by atoms with E-state index in [1.165, 1.54) is 18.3 Å². The lowest BCUT2D eigenvalue weighted by Gasteiger charge is -2.14. The molecule has 160 valence electrons. The molecule has 3 rings (SSSR count). The smallest absolute Gasteiger partial charge is 0.275 e. The van der Waals surface area contributed by atoms with Crippen LogP contribution in [0.25, 0.3) is 0 Å². The number of benzene rings is 3. The molecule has 0 radical (unpaired) electrons. The number of hydrogen-bond donors (Lipinski definition) is 2. The number of carbonyl (C=O) groups is 1. The molecule has 0 bridgehead atoms. The maximum absolute atomic E-state index is 12.3. The number of rotatable bonds is 8. The third-order valence-corrected chi connectivity index (χ3v) is 5.22. The van der Waals surface area contributed by atoms with E-state index in [1.807, 2.05) is 43.3 Å². The molecule has 31 heavy (non-hydrogen) atoms. The largest absolute Gasteiger partial charge is 0.507 e. The number of nitrogens with one attached hydrogen (secondary N) is 1. The molecular weight excluding hydrogens is 528 g/mol. The first-order chi connectivity index (χ1) is 15.0. The highest BCUT2D eigenvalue weighted by molar-refractivity contribution is 9.10. The summed E-state index contributed by atoms with van der Waals surface area (Å²) in [6.45, 7) is 2.76. The first kappa shape index (κ1) is 22.8. The highest BCUT2D eigenvalue weighted by atomic mass is 79.9. The van der Waals surface area contributed by atoms with Crippen molar-refractivity contribution in [2.45, 2.75) is 13.5 Å². The number of phenols is 1. The van der Waals surface area contributed by atoms with Crippen molar-refractivity contribution in [3.8, 4) is 17.2 Å². The lowest BCUT2D eigenvalue weighted by Crippen LogP contribution is -2.17. The Bertz CT molecular complexity index is 1090. The van der Waals surface area contributed by atoms with Crippen molar-refractivity contribution in [2.24, 2.45) is 5.10 Å². The number of phenolic OH excluding ortho intramolecular Hbond substituents is 1. The van der Waals surface area contributed by atoms with Gasteiger partial charge in [0, 0.05) is 4.47 Å². The van der Waals surface area contributed by atoms with Gasteiger partial charge in [-0.1, -0.05) is 46.3 Å². The minimum absolute atomic E-state index is 0.118. The summed E-state index contributed by atoms with van der Waals surface area (Å²) in [6, 6.07) is 18.0. The highest BCUT2D eigenvalue weighted by Gasteiger charge is 2.13. The fourth-order valence-corrected chi connectivity index (χ4v) is 3.65. The second-order valence-corrected chi connectivity index (χ2v) is 8.17. The van der Waals surface area contributed by atoms with Crippen molar-refractivity contribution in [1.29, 1.82) is 0 Å². The van der Waals surface area contributed by atoms with Gasteiger partial charge in [0.2, 0.25) is 0 Å². The van der Waals surface area contributed by atoms with Crippen LogP contribution in [0, 0.1) is 0 Å². The minimum Gasteiger partial charge on any atom is -0.507 e. The zero-order valence-electron chi connectivity index (χ0n) is 16.6. The molecule has 0 spiro atoms. The summed E-state index contributed by atoms with van der Waals surface area (Å²) in [5.74, 6) is 0.496. The SMILES string of the molecule is CCOc1cc(/C=N\NC(=O)c2cc(Br)ccc2O)cc(Br)c1OCc1ccccc1. The molecule has 3 aromatic rings. The summed E-state index contributed by atoms with van der Waals surface area (Å²) >= 11 is 6.80. The molecule has 0 fully saturated rings. The number of amides is 1. The fraction of sp³-hybridized carbons (Fsp3) is 0.130. The molecule has 0 saturated carbocycles. The van der Waals surface area contributed by atoms with Crippen LogP contribution in [-0.2, 0) is 6.61 Å². The van der Waals surface area contributed by atoms with Crippen LogP contribution in [0.4, 0.5) is 0 Å². The molecule has 6 nitrogen and oxygen atoms in total. The molecule has 0 aliphatic rings. The van der Waals surface area contributed by atoms with E-state index in [4.69, 9.17) is 9.47 Å². The number of carbonyl (C=O) groups excluding carboxylic acids is 1. The van der Waals surface area contributed by atoms with Crippen molar-refractivity contribution in [3.63, 3.8) is 0 Å². The predicted octanol–water partition coefficient (Wildman–Crippen LogP) is 5.66. The second-order valence-electron chi connectivity index (χ2n) is 6.40. The van der Waals surface area contributed by atoms with Gasteiger partial charge in [0.1, 0.15) is 12.4 Å². The second kappa shape index (κ2) is 11.0. The average molecular weight is 548 g/mol. The molecule has 0 saturated heterocycles. The number of hydrogen-bond acceptors (Lipinski definition) is 5. The summed E-state index contributed by atoms with van der Waals surface area (Å²) in [5, 5.41) is 13.8. The quantitative estimate of drug-likeness (QED) is 0.282. The third kappa shape index (κ3) is 6.32. The Balaban J connectivity index is 1.74. The number of ether oxygens (including phenoxy) is 2. The fourth-order valence-electron chi connectivity index (χ4n) is 2.71. The lowest BCUT2D eigenvalue weighted by atomic mass is 10.2. The summed E-state index contributed by atoms with van der Waals surface area (Å²) < 4.78 is 13.1. The van der Waals surface area contributed by atoms with E-state index in [1.54, 1.807) is 12.1 Å². The monoisotopic (exact) mass is 546 g/mol. The molecule has 0 atom stereocenters. The normalized spacial score (nSPS) is 10.8. The molecular formula is C23H20Br2N2O4. The molecule has 1 amide bonds. The van der Waals surface area contributed by atoms with Gasteiger partial charge in [-0.05, 0) is 64.3 Å².